The molecule has 5 atom stereocenters. The van der Waals surface area contributed by atoms with Crippen LogP contribution in [0.4, 0.5) is 4.79 Å². The number of ether oxygens (including phenoxy) is 1. The quantitative estimate of drug-likeness (QED) is 0.179. The number of aromatic hydroxyl groups is 1. The van der Waals surface area contributed by atoms with Crippen molar-refractivity contribution in [2.24, 2.45) is 23.7 Å². The van der Waals surface area contributed by atoms with Crippen LogP contribution in [0.1, 0.15) is 105 Å². The van der Waals surface area contributed by atoms with Crippen molar-refractivity contribution in [3.8, 4) is 5.75 Å². The van der Waals surface area contributed by atoms with Crippen molar-refractivity contribution in [3.05, 3.63) is 29.8 Å². The molecule has 0 saturated heterocycles. The van der Waals surface area contributed by atoms with E-state index in [1.165, 1.54) is 6.42 Å². The highest BCUT2D eigenvalue weighted by Crippen LogP contribution is 2.30. The van der Waals surface area contributed by atoms with Gasteiger partial charge in [-0.15, -0.1) is 0 Å². The summed E-state index contributed by atoms with van der Waals surface area (Å²) in [7, 11) is 0. The number of amides is 3. The lowest BCUT2D eigenvalue weighted by atomic mass is 9.81. The van der Waals surface area contributed by atoms with Gasteiger partial charge in [0, 0.05) is 5.92 Å². The average molecular weight is 604 g/mol. The van der Waals surface area contributed by atoms with Crippen LogP contribution in [0.25, 0.3) is 0 Å². The number of hydrogen-bond donors (Lipinski definition) is 5. The lowest BCUT2D eigenvalue weighted by Crippen LogP contribution is -2.52. The topological polar surface area (TPSA) is 137 Å². The molecule has 0 spiro atoms. The largest absolute Gasteiger partial charge is 0.508 e. The maximum atomic E-state index is 13.5. The minimum absolute atomic E-state index is 0.00592. The molecule has 5 N–H and O–H groups in total. The number of carbonyl (C=O) groups excluding carboxylic acids is 3. The standard InChI is InChI=1S/C34H57N3O6/c1-8-23(4)30(35-19-18-24-14-16-26(38)17-15-24)32(41)37-31(40)27(22(2)3)21-29(39)28(20-25-12-10-9-11-13-25)36-33(42)43-34(5,6)7/h14-17,22-23,25,27-30,35,38-39H,8-13,18-21H2,1-7H3,(H,36,42)(H,37,40,41)/t23-,27-,28-,29-,30-/m0/s1. The first-order chi connectivity index (χ1) is 20.2. The van der Waals surface area contributed by atoms with Crippen LogP contribution in [0.15, 0.2) is 24.3 Å². The Morgan fingerprint density at radius 2 is 1.63 bits per heavy atom. The van der Waals surface area contributed by atoms with Crippen molar-refractivity contribution < 1.29 is 29.3 Å². The highest BCUT2D eigenvalue weighted by Gasteiger charge is 2.34. The number of aliphatic hydroxyl groups is 1. The maximum absolute atomic E-state index is 13.5. The molecule has 0 radical (unpaired) electrons. The third-order valence-electron chi connectivity index (χ3n) is 8.57. The summed E-state index contributed by atoms with van der Waals surface area (Å²) in [4.78, 5) is 39.5. The molecule has 0 bridgehead atoms. The third-order valence-corrected chi connectivity index (χ3v) is 8.57. The van der Waals surface area contributed by atoms with Gasteiger partial charge in [-0.2, -0.15) is 0 Å². The minimum atomic E-state index is -0.975. The Morgan fingerprint density at radius 3 is 2.19 bits per heavy atom. The van der Waals surface area contributed by atoms with Gasteiger partial charge in [0.15, 0.2) is 0 Å². The van der Waals surface area contributed by atoms with Crippen LogP contribution in [-0.4, -0.2) is 58.5 Å². The number of aliphatic hydroxyl groups excluding tert-OH is 1. The highest BCUT2D eigenvalue weighted by atomic mass is 16.6. The maximum Gasteiger partial charge on any atom is 0.407 e. The van der Waals surface area contributed by atoms with E-state index in [0.717, 1.165) is 37.7 Å². The molecule has 1 fully saturated rings. The fourth-order valence-electron chi connectivity index (χ4n) is 5.77. The van der Waals surface area contributed by atoms with E-state index >= 15 is 0 Å². The zero-order valence-electron chi connectivity index (χ0n) is 27.4. The molecule has 9 heteroatoms. The smallest absolute Gasteiger partial charge is 0.407 e. The summed E-state index contributed by atoms with van der Waals surface area (Å²) in [6, 6.07) is 5.84. The molecule has 0 aliphatic heterocycles. The Balaban J connectivity index is 2.08. The number of carbonyl (C=O) groups is 3. The van der Waals surface area contributed by atoms with E-state index in [1.54, 1.807) is 32.9 Å². The summed E-state index contributed by atoms with van der Waals surface area (Å²) in [5.41, 5.74) is 0.358. The number of nitrogens with one attached hydrogen (secondary N) is 3. The predicted molar refractivity (Wildman–Crippen MR) is 170 cm³/mol. The number of alkyl carbamates (subject to hydrolysis) is 1. The summed E-state index contributed by atoms with van der Waals surface area (Å²) in [6.45, 7) is 13.7. The lowest BCUT2D eigenvalue weighted by molar-refractivity contribution is -0.136. The van der Waals surface area contributed by atoms with E-state index in [9.17, 15) is 24.6 Å². The van der Waals surface area contributed by atoms with Gasteiger partial charge in [0.2, 0.25) is 11.8 Å². The van der Waals surface area contributed by atoms with E-state index in [0.29, 0.717) is 25.3 Å². The van der Waals surface area contributed by atoms with Crippen LogP contribution in [0, 0.1) is 23.7 Å². The molecule has 0 heterocycles. The van der Waals surface area contributed by atoms with E-state index in [4.69, 9.17) is 4.74 Å². The van der Waals surface area contributed by atoms with Crippen molar-refractivity contribution in [3.63, 3.8) is 0 Å². The first kappa shape index (κ1) is 36.5. The number of imide groups is 1. The van der Waals surface area contributed by atoms with Gasteiger partial charge in [-0.1, -0.05) is 78.4 Å². The lowest BCUT2D eigenvalue weighted by Gasteiger charge is -2.33. The summed E-state index contributed by atoms with van der Waals surface area (Å²) in [6.07, 6.45) is 6.19. The molecular weight excluding hydrogens is 546 g/mol. The van der Waals surface area contributed by atoms with Gasteiger partial charge in [0.1, 0.15) is 11.4 Å². The summed E-state index contributed by atoms with van der Waals surface area (Å²) < 4.78 is 5.48. The molecule has 43 heavy (non-hydrogen) atoms. The summed E-state index contributed by atoms with van der Waals surface area (Å²) >= 11 is 0. The highest BCUT2D eigenvalue weighted by molar-refractivity contribution is 5.98. The number of rotatable bonds is 15. The number of phenolic OH excluding ortho intramolecular Hbond substituents is 1. The van der Waals surface area contributed by atoms with Gasteiger partial charge < -0.3 is 25.6 Å². The van der Waals surface area contributed by atoms with Crippen LogP contribution in [0.2, 0.25) is 0 Å². The number of benzene rings is 1. The second kappa shape index (κ2) is 17.6. The van der Waals surface area contributed by atoms with E-state index < -0.39 is 41.7 Å². The molecule has 1 aliphatic rings. The first-order valence-electron chi connectivity index (χ1n) is 16.2. The molecule has 3 amide bonds. The van der Waals surface area contributed by atoms with Crippen molar-refractivity contribution in [2.75, 3.05) is 6.54 Å². The van der Waals surface area contributed by atoms with Crippen molar-refractivity contribution in [1.82, 2.24) is 16.0 Å². The predicted octanol–water partition coefficient (Wildman–Crippen LogP) is 5.47. The average Bonchev–Trinajstić information content (AvgIpc) is 2.93. The van der Waals surface area contributed by atoms with Gasteiger partial charge in [-0.05, 0) is 82.0 Å². The molecule has 0 unspecified atom stereocenters. The van der Waals surface area contributed by atoms with Gasteiger partial charge >= 0.3 is 6.09 Å². The van der Waals surface area contributed by atoms with Crippen LogP contribution in [-0.2, 0) is 20.7 Å². The fraction of sp³-hybridized carbons (Fsp3) is 0.735. The first-order valence-corrected chi connectivity index (χ1v) is 16.2. The molecule has 1 aromatic rings. The Morgan fingerprint density at radius 1 is 1.00 bits per heavy atom. The Bertz CT molecular complexity index is 1000. The Labute approximate surface area is 258 Å². The Kier molecular flexibility index (Phi) is 15.0. The van der Waals surface area contributed by atoms with Crippen molar-refractivity contribution >= 4 is 17.9 Å². The zero-order valence-corrected chi connectivity index (χ0v) is 27.4. The molecular formula is C34H57N3O6. The summed E-state index contributed by atoms with van der Waals surface area (Å²) in [5.74, 6) is -0.963. The van der Waals surface area contributed by atoms with E-state index in [2.05, 4.69) is 16.0 Å². The van der Waals surface area contributed by atoms with Crippen LogP contribution < -0.4 is 16.0 Å². The number of phenols is 1. The van der Waals surface area contributed by atoms with Crippen LogP contribution >= 0.6 is 0 Å². The second-order valence-corrected chi connectivity index (χ2v) is 13.7. The Hall–Kier alpha value is -2.65. The fourth-order valence-corrected chi connectivity index (χ4v) is 5.77. The minimum Gasteiger partial charge on any atom is -0.508 e. The van der Waals surface area contributed by atoms with Gasteiger partial charge in [0.05, 0.1) is 18.2 Å². The van der Waals surface area contributed by atoms with Gasteiger partial charge in [-0.25, -0.2) is 4.79 Å². The van der Waals surface area contributed by atoms with Crippen molar-refractivity contribution in [2.45, 2.75) is 130 Å². The van der Waals surface area contributed by atoms with Gasteiger partial charge in [0.25, 0.3) is 0 Å². The number of hydrogen-bond acceptors (Lipinski definition) is 7. The van der Waals surface area contributed by atoms with E-state index in [-0.39, 0.29) is 29.9 Å². The molecule has 1 saturated carbocycles. The molecule has 244 valence electrons. The third kappa shape index (κ3) is 13.3. The molecule has 9 nitrogen and oxygen atoms in total. The molecule has 0 aromatic heterocycles. The molecule has 1 aromatic carbocycles. The molecule has 1 aliphatic carbocycles. The summed E-state index contributed by atoms with van der Waals surface area (Å²) in [5, 5.41) is 29.8. The van der Waals surface area contributed by atoms with E-state index in [1.807, 2.05) is 39.8 Å². The molecule has 2 rings (SSSR count). The second-order valence-electron chi connectivity index (χ2n) is 13.7. The zero-order chi connectivity index (χ0) is 32.2. The monoisotopic (exact) mass is 603 g/mol. The van der Waals surface area contributed by atoms with Crippen LogP contribution in [0.3, 0.4) is 0 Å². The van der Waals surface area contributed by atoms with Crippen LogP contribution in [0.5, 0.6) is 5.75 Å². The normalized spacial score (nSPS) is 17.9. The van der Waals surface area contributed by atoms with Crippen molar-refractivity contribution in [1.29, 1.82) is 0 Å². The SMILES string of the molecule is CC[C@H](C)[C@H](NCCc1ccc(O)cc1)C(=O)NC(=O)[C@@H](C[C@H](O)[C@H](CC1CCCCC1)NC(=O)OC(C)(C)C)C(C)C. The van der Waals surface area contributed by atoms with Gasteiger partial charge in [-0.3, -0.25) is 14.9 Å².